The van der Waals surface area contributed by atoms with Gasteiger partial charge in [-0.3, -0.25) is 14.8 Å². The van der Waals surface area contributed by atoms with Crippen molar-refractivity contribution in [2.45, 2.75) is 13.0 Å². The number of nitrogens with one attached hydrogen (secondary N) is 1. The van der Waals surface area contributed by atoms with E-state index in [-0.39, 0.29) is 17.7 Å². The zero-order valence-electron chi connectivity index (χ0n) is 12.8. The highest BCUT2D eigenvalue weighted by Gasteiger charge is 2.42. The predicted molar refractivity (Wildman–Crippen MR) is 94.2 cm³/mol. The Kier molecular flexibility index (Phi) is 3.42. The number of aromatic amines is 1. The van der Waals surface area contributed by atoms with Crippen molar-refractivity contribution in [1.29, 1.82) is 0 Å². The fourth-order valence-corrected chi connectivity index (χ4v) is 3.44. The Morgan fingerprint density at radius 3 is 2.67 bits per heavy atom. The molecule has 0 unspecified atom stereocenters. The van der Waals surface area contributed by atoms with E-state index in [1.165, 1.54) is 0 Å². The van der Waals surface area contributed by atoms with Crippen LogP contribution in [0.2, 0.25) is 0 Å². The number of aromatic nitrogens is 2. The van der Waals surface area contributed by atoms with Crippen molar-refractivity contribution in [3.05, 3.63) is 75.5 Å². The van der Waals surface area contributed by atoms with Crippen LogP contribution in [0.3, 0.4) is 0 Å². The van der Waals surface area contributed by atoms with Crippen LogP contribution in [0.5, 0.6) is 5.75 Å². The van der Waals surface area contributed by atoms with Gasteiger partial charge in [0.05, 0.1) is 6.04 Å². The summed E-state index contributed by atoms with van der Waals surface area (Å²) in [6, 6.07) is 14.3. The molecule has 0 radical (unpaired) electrons. The van der Waals surface area contributed by atoms with Crippen LogP contribution in [-0.4, -0.2) is 21.2 Å². The van der Waals surface area contributed by atoms with E-state index in [1.807, 2.05) is 37.3 Å². The number of carbonyl (C=O) groups excluding carboxylic acids is 1. The molecule has 0 saturated heterocycles. The van der Waals surface area contributed by atoms with Crippen LogP contribution in [0.15, 0.2) is 53.0 Å². The smallest absolute Gasteiger partial charge is 0.279 e. The zero-order chi connectivity index (χ0) is 16.8. The maximum absolute atomic E-state index is 12.9. The van der Waals surface area contributed by atoms with Gasteiger partial charge in [0.2, 0.25) is 0 Å². The summed E-state index contributed by atoms with van der Waals surface area (Å²) in [4.78, 5) is 14.7. The molecule has 0 spiro atoms. The van der Waals surface area contributed by atoms with E-state index in [1.54, 1.807) is 23.1 Å². The molecule has 1 aliphatic rings. The summed E-state index contributed by atoms with van der Waals surface area (Å²) in [6.45, 7) is 1.90. The molecule has 0 saturated carbocycles. The fourth-order valence-electron chi connectivity index (χ4n) is 3.17. The Hall–Kier alpha value is -2.60. The summed E-state index contributed by atoms with van der Waals surface area (Å²) >= 11 is 3.42. The van der Waals surface area contributed by atoms with E-state index in [0.29, 0.717) is 5.69 Å². The highest BCUT2D eigenvalue weighted by molar-refractivity contribution is 9.10. The fraction of sp³-hybridized carbons (Fsp3) is 0.111. The van der Waals surface area contributed by atoms with Gasteiger partial charge in [0.15, 0.2) is 5.69 Å². The van der Waals surface area contributed by atoms with Crippen LogP contribution in [0, 0.1) is 6.92 Å². The van der Waals surface area contributed by atoms with E-state index >= 15 is 0 Å². The molecule has 24 heavy (non-hydrogen) atoms. The number of aromatic hydroxyl groups is 1. The van der Waals surface area contributed by atoms with E-state index in [0.717, 1.165) is 27.0 Å². The van der Waals surface area contributed by atoms with Crippen molar-refractivity contribution >= 4 is 27.5 Å². The number of anilines is 1. The lowest BCUT2D eigenvalue weighted by Crippen LogP contribution is -2.29. The van der Waals surface area contributed by atoms with Crippen LogP contribution in [-0.2, 0) is 0 Å². The molecule has 6 heteroatoms. The summed E-state index contributed by atoms with van der Waals surface area (Å²) in [5.41, 5.74) is 3.77. The molecule has 0 aliphatic carbocycles. The lowest BCUT2D eigenvalue weighted by atomic mass is 9.98. The van der Waals surface area contributed by atoms with E-state index in [9.17, 15) is 9.90 Å². The average Bonchev–Trinajstić information content (AvgIpc) is 3.07. The zero-order valence-corrected chi connectivity index (χ0v) is 14.4. The van der Waals surface area contributed by atoms with Crippen LogP contribution in [0.4, 0.5) is 5.69 Å². The minimum absolute atomic E-state index is 0.148. The van der Waals surface area contributed by atoms with Gasteiger partial charge in [-0.05, 0) is 48.9 Å². The van der Waals surface area contributed by atoms with Gasteiger partial charge < -0.3 is 5.11 Å². The molecule has 3 aromatic rings. The number of carbonyl (C=O) groups is 1. The number of H-pyrrole nitrogens is 1. The molecule has 0 fully saturated rings. The third-order valence-electron chi connectivity index (χ3n) is 4.24. The van der Waals surface area contributed by atoms with Crippen molar-refractivity contribution in [3.63, 3.8) is 0 Å². The van der Waals surface area contributed by atoms with Crippen molar-refractivity contribution in [3.8, 4) is 5.75 Å². The second-order valence-corrected chi connectivity index (χ2v) is 6.68. The number of hydrogen-bond acceptors (Lipinski definition) is 3. The second-order valence-electron chi connectivity index (χ2n) is 5.76. The van der Waals surface area contributed by atoms with Crippen LogP contribution in [0.25, 0.3) is 0 Å². The van der Waals surface area contributed by atoms with Gasteiger partial charge >= 0.3 is 0 Å². The quantitative estimate of drug-likeness (QED) is 0.703. The Balaban J connectivity index is 1.91. The number of phenolic OH excluding ortho intramolecular Hbond substituents is 1. The number of halogens is 1. The molecular formula is C18H14BrN3O2. The molecule has 4 rings (SSSR count). The van der Waals surface area contributed by atoms with Gasteiger partial charge in [0, 0.05) is 21.4 Å². The summed E-state index contributed by atoms with van der Waals surface area (Å²) in [7, 11) is 0. The molecule has 0 bridgehead atoms. The number of hydrogen-bond donors (Lipinski definition) is 2. The van der Waals surface area contributed by atoms with Gasteiger partial charge in [-0.25, -0.2) is 0 Å². The lowest BCUT2D eigenvalue weighted by Gasteiger charge is -2.26. The lowest BCUT2D eigenvalue weighted by molar-refractivity contribution is 0.0988. The van der Waals surface area contributed by atoms with Gasteiger partial charge in [0.25, 0.3) is 5.91 Å². The molecule has 2 heterocycles. The third kappa shape index (κ3) is 2.22. The van der Waals surface area contributed by atoms with Gasteiger partial charge in [0.1, 0.15) is 5.75 Å². The molecule has 5 nitrogen and oxygen atoms in total. The monoisotopic (exact) mass is 383 g/mol. The Morgan fingerprint density at radius 1 is 1.21 bits per heavy atom. The van der Waals surface area contributed by atoms with E-state index in [4.69, 9.17) is 0 Å². The first-order valence-corrected chi connectivity index (χ1v) is 8.28. The Morgan fingerprint density at radius 2 is 1.96 bits per heavy atom. The van der Waals surface area contributed by atoms with Crippen LogP contribution < -0.4 is 4.90 Å². The first-order chi connectivity index (χ1) is 11.6. The molecule has 2 N–H and O–H groups in total. The molecule has 120 valence electrons. The normalized spacial score (nSPS) is 16.5. The van der Waals surface area contributed by atoms with Gasteiger partial charge in [-0.1, -0.05) is 28.1 Å². The van der Waals surface area contributed by atoms with Crippen molar-refractivity contribution in [2.24, 2.45) is 0 Å². The average molecular weight is 384 g/mol. The summed E-state index contributed by atoms with van der Waals surface area (Å²) in [5.74, 6) is 0.0234. The van der Waals surface area contributed by atoms with Crippen molar-refractivity contribution in [1.82, 2.24) is 10.2 Å². The number of benzene rings is 2. The maximum Gasteiger partial charge on any atom is 0.279 e. The predicted octanol–water partition coefficient (Wildman–Crippen LogP) is 3.94. The number of phenols is 1. The molecular weight excluding hydrogens is 370 g/mol. The number of nitrogens with zero attached hydrogens (tertiary/aromatic N) is 2. The van der Waals surface area contributed by atoms with Crippen LogP contribution in [0.1, 0.15) is 33.4 Å². The SMILES string of the molecule is Cc1[nH]nc2c1[C@H](c1cccc(O)c1)N(c1ccc(Br)cc1)C2=O. The third-order valence-corrected chi connectivity index (χ3v) is 4.77. The van der Waals surface area contributed by atoms with E-state index in [2.05, 4.69) is 26.1 Å². The minimum atomic E-state index is -0.320. The molecule has 2 aromatic carbocycles. The Labute approximate surface area is 147 Å². The standard InChI is InChI=1S/C18H14BrN3O2/c1-10-15-16(21-20-10)18(24)22(13-7-5-12(19)6-8-13)17(15)11-3-2-4-14(23)9-11/h2-9,17,23H,1H3,(H,20,21)/t17-/m0/s1. The number of amides is 1. The largest absolute Gasteiger partial charge is 0.508 e. The van der Waals surface area contributed by atoms with Gasteiger partial charge in [-0.2, -0.15) is 5.10 Å². The first-order valence-electron chi connectivity index (χ1n) is 7.49. The van der Waals surface area contributed by atoms with E-state index < -0.39 is 0 Å². The Bertz CT molecular complexity index is 934. The summed E-state index contributed by atoms with van der Waals surface area (Å²) in [5, 5.41) is 16.9. The molecule has 1 aliphatic heterocycles. The topological polar surface area (TPSA) is 69.2 Å². The highest BCUT2D eigenvalue weighted by atomic mass is 79.9. The van der Waals surface area contributed by atoms with Gasteiger partial charge in [-0.15, -0.1) is 0 Å². The number of aryl methyl sites for hydroxylation is 1. The second kappa shape index (κ2) is 5.49. The summed E-state index contributed by atoms with van der Waals surface area (Å²) in [6.07, 6.45) is 0. The number of rotatable bonds is 2. The molecule has 1 aromatic heterocycles. The first kappa shape index (κ1) is 15.0. The summed E-state index contributed by atoms with van der Waals surface area (Å²) < 4.78 is 0.946. The van der Waals surface area contributed by atoms with Crippen LogP contribution >= 0.6 is 15.9 Å². The van der Waals surface area contributed by atoms with Crippen molar-refractivity contribution in [2.75, 3.05) is 4.90 Å². The van der Waals surface area contributed by atoms with Crippen molar-refractivity contribution < 1.29 is 9.90 Å². The highest BCUT2D eigenvalue weighted by Crippen LogP contribution is 2.42. The minimum Gasteiger partial charge on any atom is -0.508 e. The molecule has 1 atom stereocenters. The molecule has 1 amide bonds. The number of fused-ring (bicyclic) bond motifs is 1. The maximum atomic E-state index is 12.9.